The highest BCUT2D eigenvalue weighted by atomic mass is 79.9. The van der Waals surface area contributed by atoms with Crippen molar-refractivity contribution in [1.29, 1.82) is 0 Å². The van der Waals surface area contributed by atoms with Gasteiger partial charge in [0, 0.05) is 4.47 Å². The third-order valence-electron chi connectivity index (χ3n) is 2.04. The second-order valence-electron chi connectivity index (χ2n) is 3.17. The first-order valence-corrected chi connectivity index (χ1v) is 6.32. The lowest BCUT2D eigenvalue weighted by atomic mass is 10.1. The first-order valence-electron chi connectivity index (χ1n) is 4.89. The molecule has 0 atom stereocenters. The molecule has 0 radical (unpaired) electrons. The third kappa shape index (κ3) is 4.49. The van der Waals surface area contributed by atoms with Crippen LogP contribution < -0.4 is 5.32 Å². The molecule has 1 aromatic carbocycles. The molecule has 0 heterocycles. The third-order valence-corrected chi connectivity index (χ3v) is 3.13. The highest BCUT2D eigenvalue weighted by molar-refractivity contribution is 9.10. The molecule has 14 heavy (non-hydrogen) atoms. The number of benzene rings is 1. The molecule has 3 heteroatoms. The SMILES string of the molecule is SCCCNCCc1ccccc1Br. The molecule has 0 saturated carbocycles. The largest absolute Gasteiger partial charge is 0.316 e. The van der Waals surface area contributed by atoms with E-state index in [-0.39, 0.29) is 0 Å². The lowest BCUT2D eigenvalue weighted by molar-refractivity contribution is 0.674. The van der Waals surface area contributed by atoms with Crippen LogP contribution in [0.25, 0.3) is 0 Å². The van der Waals surface area contributed by atoms with Crippen molar-refractivity contribution in [3.8, 4) is 0 Å². The van der Waals surface area contributed by atoms with Crippen molar-refractivity contribution >= 4 is 28.6 Å². The Bertz CT molecular complexity index is 265. The van der Waals surface area contributed by atoms with Crippen LogP contribution in [-0.4, -0.2) is 18.8 Å². The monoisotopic (exact) mass is 273 g/mol. The predicted molar refractivity (Wildman–Crippen MR) is 69.2 cm³/mol. The van der Waals surface area contributed by atoms with Crippen LogP contribution in [0.2, 0.25) is 0 Å². The van der Waals surface area contributed by atoms with Crippen molar-refractivity contribution in [2.75, 3.05) is 18.8 Å². The molecule has 0 amide bonds. The predicted octanol–water partition coefficient (Wildman–Crippen LogP) is 2.90. The summed E-state index contributed by atoms with van der Waals surface area (Å²) < 4.78 is 1.20. The molecule has 0 aliphatic heterocycles. The molecule has 0 aliphatic carbocycles. The van der Waals surface area contributed by atoms with Crippen molar-refractivity contribution < 1.29 is 0 Å². The Morgan fingerprint density at radius 1 is 1.21 bits per heavy atom. The summed E-state index contributed by atoms with van der Waals surface area (Å²) in [5.74, 6) is 0.960. The topological polar surface area (TPSA) is 12.0 Å². The summed E-state index contributed by atoms with van der Waals surface area (Å²) in [5, 5.41) is 3.39. The Morgan fingerprint density at radius 3 is 2.71 bits per heavy atom. The zero-order valence-corrected chi connectivity index (χ0v) is 10.7. The first-order chi connectivity index (χ1) is 6.84. The van der Waals surface area contributed by atoms with E-state index >= 15 is 0 Å². The molecule has 0 spiro atoms. The van der Waals surface area contributed by atoms with Crippen LogP contribution in [0.1, 0.15) is 12.0 Å². The molecule has 0 fully saturated rings. The van der Waals surface area contributed by atoms with Gasteiger partial charge in [0.1, 0.15) is 0 Å². The van der Waals surface area contributed by atoms with Gasteiger partial charge in [-0.05, 0) is 43.3 Å². The van der Waals surface area contributed by atoms with Crippen molar-refractivity contribution in [3.63, 3.8) is 0 Å². The van der Waals surface area contributed by atoms with Gasteiger partial charge in [-0.3, -0.25) is 0 Å². The second-order valence-corrected chi connectivity index (χ2v) is 4.47. The smallest absolute Gasteiger partial charge is 0.0207 e. The molecule has 1 rings (SSSR count). The van der Waals surface area contributed by atoms with Gasteiger partial charge in [0.15, 0.2) is 0 Å². The average molecular weight is 274 g/mol. The maximum absolute atomic E-state index is 4.16. The van der Waals surface area contributed by atoms with E-state index in [1.807, 2.05) is 6.07 Å². The Labute approximate surface area is 99.8 Å². The highest BCUT2D eigenvalue weighted by Gasteiger charge is 1.96. The fraction of sp³-hybridized carbons (Fsp3) is 0.455. The zero-order valence-electron chi connectivity index (χ0n) is 8.17. The summed E-state index contributed by atoms with van der Waals surface area (Å²) in [6, 6.07) is 8.36. The number of hydrogen-bond donors (Lipinski definition) is 2. The number of hydrogen-bond acceptors (Lipinski definition) is 2. The van der Waals surface area contributed by atoms with Crippen molar-refractivity contribution in [1.82, 2.24) is 5.32 Å². The van der Waals surface area contributed by atoms with Crippen molar-refractivity contribution in [2.45, 2.75) is 12.8 Å². The van der Waals surface area contributed by atoms with Gasteiger partial charge >= 0.3 is 0 Å². The Hall–Kier alpha value is 0.01000. The summed E-state index contributed by atoms with van der Waals surface area (Å²) >= 11 is 7.70. The van der Waals surface area contributed by atoms with Crippen LogP contribution in [0.15, 0.2) is 28.7 Å². The highest BCUT2D eigenvalue weighted by Crippen LogP contribution is 2.15. The van der Waals surface area contributed by atoms with Crippen LogP contribution in [0.4, 0.5) is 0 Å². The number of halogens is 1. The standard InChI is InChI=1S/C11H16BrNS/c12-11-5-2-1-4-10(11)6-8-13-7-3-9-14/h1-2,4-5,13-14H,3,6-9H2. The molecule has 0 aromatic heterocycles. The van der Waals surface area contributed by atoms with E-state index in [0.717, 1.165) is 31.7 Å². The summed E-state index contributed by atoms with van der Waals surface area (Å²) in [4.78, 5) is 0. The van der Waals surface area contributed by atoms with Gasteiger partial charge in [-0.1, -0.05) is 34.1 Å². The minimum Gasteiger partial charge on any atom is -0.316 e. The van der Waals surface area contributed by atoms with Crippen LogP contribution in [0.3, 0.4) is 0 Å². The van der Waals surface area contributed by atoms with Gasteiger partial charge < -0.3 is 5.32 Å². The fourth-order valence-corrected chi connectivity index (χ4v) is 1.89. The molecule has 1 N–H and O–H groups in total. The van der Waals surface area contributed by atoms with Crippen LogP contribution in [-0.2, 0) is 6.42 Å². The van der Waals surface area contributed by atoms with Gasteiger partial charge in [-0.2, -0.15) is 12.6 Å². The Balaban J connectivity index is 2.21. The van der Waals surface area contributed by atoms with Gasteiger partial charge in [0.05, 0.1) is 0 Å². The minimum atomic E-state index is 0.960. The summed E-state index contributed by atoms with van der Waals surface area (Å²) in [7, 11) is 0. The Morgan fingerprint density at radius 2 is 2.00 bits per heavy atom. The van der Waals surface area contributed by atoms with E-state index in [1.165, 1.54) is 10.0 Å². The number of thiol groups is 1. The molecule has 0 bridgehead atoms. The summed E-state index contributed by atoms with van der Waals surface area (Å²) in [5.41, 5.74) is 1.37. The van der Waals surface area contributed by atoms with Gasteiger partial charge in [0.25, 0.3) is 0 Å². The molecule has 0 aliphatic rings. The van der Waals surface area contributed by atoms with Crippen LogP contribution in [0.5, 0.6) is 0 Å². The van der Waals surface area contributed by atoms with Crippen molar-refractivity contribution in [2.24, 2.45) is 0 Å². The molecule has 1 nitrogen and oxygen atoms in total. The number of nitrogens with one attached hydrogen (secondary N) is 1. The van der Waals surface area contributed by atoms with E-state index in [0.29, 0.717) is 0 Å². The van der Waals surface area contributed by atoms with Crippen LogP contribution >= 0.6 is 28.6 Å². The van der Waals surface area contributed by atoms with Crippen molar-refractivity contribution in [3.05, 3.63) is 34.3 Å². The lowest BCUT2D eigenvalue weighted by Crippen LogP contribution is -2.18. The first kappa shape index (κ1) is 12.1. The van der Waals surface area contributed by atoms with Crippen LogP contribution in [0, 0.1) is 0 Å². The van der Waals surface area contributed by atoms with E-state index < -0.39 is 0 Å². The van der Waals surface area contributed by atoms with E-state index in [9.17, 15) is 0 Å². The summed E-state index contributed by atoms with van der Waals surface area (Å²) in [6.07, 6.45) is 2.22. The maximum atomic E-state index is 4.16. The molecular formula is C11H16BrNS. The molecule has 78 valence electrons. The maximum Gasteiger partial charge on any atom is 0.0207 e. The summed E-state index contributed by atoms with van der Waals surface area (Å²) in [6.45, 7) is 2.10. The van der Waals surface area contributed by atoms with E-state index in [4.69, 9.17) is 0 Å². The van der Waals surface area contributed by atoms with E-state index in [2.05, 4.69) is 52.1 Å². The fourth-order valence-electron chi connectivity index (χ4n) is 1.25. The Kier molecular flexibility index (Phi) is 6.32. The minimum absolute atomic E-state index is 0.960. The van der Waals surface area contributed by atoms with Gasteiger partial charge in [-0.15, -0.1) is 0 Å². The number of rotatable bonds is 6. The molecule has 0 saturated heterocycles. The molecule has 1 aromatic rings. The van der Waals surface area contributed by atoms with Gasteiger partial charge in [-0.25, -0.2) is 0 Å². The average Bonchev–Trinajstić information content (AvgIpc) is 2.20. The zero-order chi connectivity index (χ0) is 10.2. The quantitative estimate of drug-likeness (QED) is 0.600. The van der Waals surface area contributed by atoms with E-state index in [1.54, 1.807) is 0 Å². The second kappa shape index (κ2) is 7.32. The lowest BCUT2D eigenvalue weighted by Gasteiger charge is -2.05. The normalized spacial score (nSPS) is 10.4. The molecular weight excluding hydrogens is 258 g/mol. The molecule has 0 unspecified atom stereocenters. The van der Waals surface area contributed by atoms with Gasteiger partial charge in [0.2, 0.25) is 0 Å².